The number of ketones is 1. The van der Waals surface area contributed by atoms with Crippen molar-refractivity contribution in [2.75, 3.05) is 0 Å². The van der Waals surface area contributed by atoms with E-state index in [4.69, 9.17) is 11.6 Å². The second kappa shape index (κ2) is 6.89. The Morgan fingerprint density at radius 2 is 1.88 bits per heavy atom. The van der Waals surface area contributed by atoms with Crippen LogP contribution in [0.2, 0.25) is 5.02 Å². The van der Waals surface area contributed by atoms with Gasteiger partial charge in [0, 0.05) is 28.7 Å². The highest BCUT2D eigenvalue weighted by Crippen LogP contribution is 2.22. The number of para-hydroxylation sites is 1. The third-order valence-electron chi connectivity index (χ3n) is 4.00. The molecule has 0 radical (unpaired) electrons. The molecule has 0 saturated heterocycles. The summed E-state index contributed by atoms with van der Waals surface area (Å²) in [6.07, 6.45) is 2.46. The smallest absolute Gasteiger partial charge is 0.292 e. The SMILES string of the molecule is CCc1cccc2c(C(=O)C(=O)NCc3ccc(Cl)cc3)c[nH]c12. The van der Waals surface area contributed by atoms with E-state index in [9.17, 15) is 9.59 Å². The van der Waals surface area contributed by atoms with Gasteiger partial charge in [-0.25, -0.2) is 0 Å². The summed E-state index contributed by atoms with van der Waals surface area (Å²) in [7, 11) is 0. The summed E-state index contributed by atoms with van der Waals surface area (Å²) in [4.78, 5) is 27.7. The van der Waals surface area contributed by atoms with E-state index in [0.717, 1.165) is 28.5 Å². The number of aromatic amines is 1. The molecule has 0 unspecified atom stereocenters. The monoisotopic (exact) mass is 340 g/mol. The predicted molar refractivity (Wildman–Crippen MR) is 95.3 cm³/mol. The number of benzene rings is 2. The zero-order chi connectivity index (χ0) is 17.1. The molecule has 0 aliphatic carbocycles. The van der Waals surface area contributed by atoms with Gasteiger partial charge in [0.1, 0.15) is 0 Å². The third-order valence-corrected chi connectivity index (χ3v) is 4.25. The Labute approximate surface area is 144 Å². The molecule has 0 aliphatic rings. The second-order valence-electron chi connectivity index (χ2n) is 5.53. The number of hydrogen-bond acceptors (Lipinski definition) is 2. The van der Waals surface area contributed by atoms with Crippen LogP contribution < -0.4 is 5.32 Å². The number of Topliss-reactive ketones (excluding diaryl/α,β-unsaturated/α-hetero) is 1. The Bertz CT molecular complexity index is 897. The van der Waals surface area contributed by atoms with Crippen molar-refractivity contribution in [3.63, 3.8) is 0 Å². The van der Waals surface area contributed by atoms with Gasteiger partial charge in [-0.1, -0.05) is 48.9 Å². The average Bonchev–Trinajstić information content (AvgIpc) is 3.04. The highest BCUT2D eigenvalue weighted by molar-refractivity contribution is 6.45. The van der Waals surface area contributed by atoms with Gasteiger partial charge in [-0.15, -0.1) is 0 Å². The Morgan fingerprint density at radius 1 is 1.12 bits per heavy atom. The van der Waals surface area contributed by atoms with Gasteiger partial charge in [0.05, 0.1) is 5.56 Å². The number of halogens is 1. The minimum atomic E-state index is -0.618. The fourth-order valence-electron chi connectivity index (χ4n) is 2.69. The van der Waals surface area contributed by atoms with Crippen LogP contribution in [0.4, 0.5) is 0 Å². The van der Waals surface area contributed by atoms with Crippen molar-refractivity contribution in [3.8, 4) is 0 Å². The molecule has 0 saturated carbocycles. The average molecular weight is 341 g/mol. The summed E-state index contributed by atoms with van der Waals surface area (Å²) in [5, 5.41) is 4.06. The van der Waals surface area contributed by atoms with Crippen LogP contribution in [-0.4, -0.2) is 16.7 Å². The lowest BCUT2D eigenvalue weighted by Gasteiger charge is -2.05. The first kappa shape index (κ1) is 16.3. The lowest BCUT2D eigenvalue weighted by molar-refractivity contribution is -0.117. The number of fused-ring (bicyclic) bond motifs is 1. The molecule has 4 nitrogen and oxygen atoms in total. The quantitative estimate of drug-likeness (QED) is 0.547. The summed E-state index contributed by atoms with van der Waals surface area (Å²) < 4.78 is 0. The van der Waals surface area contributed by atoms with E-state index in [1.807, 2.05) is 30.3 Å². The molecule has 2 aromatic carbocycles. The molecule has 1 amide bonds. The maximum atomic E-state index is 12.4. The normalized spacial score (nSPS) is 10.8. The van der Waals surface area contributed by atoms with Crippen LogP contribution >= 0.6 is 11.6 Å². The minimum Gasteiger partial charge on any atom is -0.360 e. The second-order valence-corrected chi connectivity index (χ2v) is 5.97. The largest absolute Gasteiger partial charge is 0.360 e. The van der Waals surface area contributed by atoms with Gasteiger partial charge in [-0.05, 0) is 29.7 Å². The molecule has 0 spiro atoms. The molecular weight excluding hydrogens is 324 g/mol. The van der Waals surface area contributed by atoms with Crippen molar-refractivity contribution < 1.29 is 9.59 Å². The summed E-state index contributed by atoms with van der Waals surface area (Å²) in [6, 6.07) is 12.9. The molecule has 122 valence electrons. The first-order valence-electron chi connectivity index (χ1n) is 7.76. The Morgan fingerprint density at radius 3 is 2.58 bits per heavy atom. The predicted octanol–water partition coefficient (Wildman–Crippen LogP) is 3.88. The fourth-order valence-corrected chi connectivity index (χ4v) is 2.81. The van der Waals surface area contributed by atoms with Crippen molar-refractivity contribution >= 4 is 34.2 Å². The molecule has 0 bridgehead atoms. The highest BCUT2D eigenvalue weighted by atomic mass is 35.5. The molecule has 0 atom stereocenters. The number of amides is 1. The fraction of sp³-hybridized carbons (Fsp3) is 0.158. The maximum absolute atomic E-state index is 12.4. The van der Waals surface area contributed by atoms with Crippen molar-refractivity contribution in [2.24, 2.45) is 0 Å². The van der Waals surface area contributed by atoms with Gasteiger partial charge in [0.15, 0.2) is 0 Å². The van der Waals surface area contributed by atoms with Gasteiger partial charge in [0.2, 0.25) is 0 Å². The third kappa shape index (κ3) is 3.19. The first-order valence-corrected chi connectivity index (χ1v) is 8.14. The first-order chi connectivity index (χ1) is 11.6. The van der Waals surface area contributed by atoms with Crippen molar-refractivity contribution in [1.82, 2.24) is 10.3 Å². The molecule has 1 aromatic heterocycles. The molecule has 3 rings (SSSR count). The lowest BCUT2D eigenvalue weighted by atomic mass is 10.0. The van der Waals surface area contributed by atoms with Gasteiger partial charge in [-0.2, -0.15) is 0 Å². The van der Waals surface area contributed by atoms with E-state index in [0.29, 0.717) is 10.6 Å². The number of H-pyrrole nitrogens is 1. The van der Waals surface area contributed by atoms with E-state index in [1.54, 1.807) is 18.3 Å². The van der Waals surface area contributed by atoms with Crippen LogP contribution in [0.5, 0.6) is 0 Å². The highest BCUT2D eigenvalue weighted by Gasteiger charge is 2.20. The topological polar surface area (TPSA) is 62.0 Å². The van der Waals surface area contributed by atoms with Crippen LogP contribution in [0.15, 0.2) is 48.7 Å². The van der Waals surface area contributed by atoms with Gasteiger partial charge in [-0.3, -0.25) is 9.59 Å². The number of nitrogens with one attached hydrogen (secondary N) is 2. The number of hydrogen-bond donors (Lipinski definition) is 2. The van der Waals surface area contributed by atoms with E-state index >= 15 is 0 Å². The summed E-state index contributed by atoms with van der Waals surface area (Å²) >= 11 is 5.83. The number of carbonyl (C=O) groups excluding carboxylic acids is 2. The van der Waals surface area contributed by atoms with Gasteiger partial charge >= 0.3 is 0 Å². The van der Waals surface area contributed by atoms with Gasteiger partial charge in [0.25, 0.3) is 11.7 Å². The van der Waals surface area contributed by atoms with E-state index < -0.39 is 11.7 Å². The maximum Gasteiger partial charge on any atom is 0.292 e. The van der Waals surface area contributed by atoms with Crippen LogP contribution in [0.1, 0.15) is 28.4 Å². The van der Waals surface area contributed by atoms with Gasteiger partial charge < -0.3 is 10.3 Å². The van der Waals surface area contributed by atoms with Crippen LogP contribution in [0.25, 0.3) is 10.9 Å². The number of carbonyl (C=O) groups is 2. The molecule has 0 fully saturated rings. The lowest BCUT2D eigenvalue weighted by Crippen LogP contribution is -2.30. The Kier molecular flexibility index (Phi) is 4.67. The Balaban J connectivity index is 1.76. The number of aromatic nitrogens is 1. The molecular formula is C19H17ClN2O2. The van der Waals surface area contributed by atoms with Crippen molar-refractivity contribution in [1.29, 1.82) is 0 Å². The molecule has 3 aromatic rings. The van der Waals surface area contributed by atoms with E-state index in [-0.39, 0.29) is 6.54 Å². The molecule has 2 N–H and O–H groups in total. The Hall–Kier alpha value is -2.59. The summed E-state index contributed by atoms with van der Waals surface area (Å²) in [5.74, 6) is -1.16. The molecule has 24 heavy (non-hydrogen) atoms. The van der Waals surface area contributed by atoms with E-state index in [2.05, 4.69) is 17.2 Å². The zero-order valence-corrected chi connectivity index (χ0v) is 14.0. The van der Waals surface area contributed by atoms with Crippen molar-refractivity contribution in [3.05, 3.63) is 70.4 Å². The number of rotatable bonds is 5. The van der Waals surface area contributed by atoms with Crippen molar-refractivity contribution in [2.45, 2.75) is 19.9 Å². The van der Waals surface area contributed by atoms with Crippen LogP contribution in [0.3, 0.4) is 0 Å². The number of aryl methyl sites for hydroxylation is 1. The summed E-state index contributed by atoms with van der Waals surface area (Å²) in [5.41, 5.74) is 3.31. The summed E-state index contributed by atoms with van der Waals surface area (Å²) in [6.45, 7) is 2.33. The molecule has 1 heterocycles. The minimum absolute atomic E-state index is 0.282. The molecule has 0 aliphatic heterocycles. The van der Waals surface area contributed by atoms with Crippen LogP contribution in [0, 0.1) is 0 Å². The van der Waals surface area contributed by atoms with E-state index in [1.165, 1.54) is 0 Å². The molecule has 5 heteroatoms. The van der Waals surface area contributed by atoms with Crippen LogP contribution in [-0.2, 0) is 17.8 Å². The standard InChI is InChI=1S/C19H17ClN2O2/c1-2-13-4-3-5-15-16(11-21-17(13)15)18(23)19(24)22-10-12-6-8-14(20)9-7-12/h3-9,11,21H,2,10H2,1H3,(H,22,24). The zero-order valence-electron chi connectivity index (χ0n) is 13.2.